The summed E-state index contributed by atoms with van der Waals surface area (Å²) in [6.07, 6.45) is -39.3. The number of benzene rings is 1. The maximum atomic E-state index is 13.7. The number of halogens is 21. The second-order valence-electron chi connectivity index (χ2n) is 7.51. The van der Waals surface area contributed by atoms with Crippen LogP contribution >= 0.6 is 0 Å². The Kier molecular flexibility index (Phi) is 9.28. The van der Waals surface area contributed by atoms with Gasteiger partial charge in [-0.2, -0.15) is 92.2 Å². The summed E-state index contributed by atoms with van der Waals surface area (Å²) >= 11 is 0. The first-order valence-corrected chi connectivity index (χ1v) is 13.7. The van der Waals surface area contributed by atoms with E-state index in [0.29, 0.717) is 0 Å². The fraction of sp³-hybridized carbons (Fsp3) is 0.571. The van der Waals surface area contributed by atoms with Crippen molar-refractivity contribution < 1.29 is 117 Å². The Morgan fingerprint density at radius 3 is 0.682 bits per heavy atom. The summed E-state index contributed by atoms with van der Waals surface area (Å²) in [7, 11) is -27.5. The fourth-order valence-corrected chi connectivity index (χ4v) is 10.7. The van der Waals surface area contributed by atoms with Gasteiger partial charge in [0.25, 0.3) is 23.6 Å². The van der Waals surface area contributed by atoms with Gasteiger partial charge in [0, 0.05) is 0 Å². The first kappa shape index (κ1) is 39.6. The molecule has 258 valence electrons. The molecule has 0 unspecified atom stereocenters. The molecular weight excluding hydrogens is 759 g/mol. The van der Waals surface area contributed by atoms with Crippen LogP contribution in [0.5, 0.6) is 0 Å². The third-order valence-corrected chi connectivity index (χ3v) is 12.9. The molecule has 0 spiro atoms. The van der Waals surface area contributed by atoms with Crippen LogP contribution in [0.3, 0.4) is 0 Å². The Balaban J connectivity index is 5.36. The average Bonchev–Trinajstić information content (AvgIpc) is 2.65. The van der Waals surface area contributed by atoms with Gasteiger partial charge in [0.1, 0.15) is 0 Å². The lowest BCUT2D eigenvalue weighted by atomic mass is 9.89. The fourth-order valence-electron chi connectivity index (χ4n) is 3.22. The molecule has 0 amide bonds. The molecule has 0 aliphatic heterocycles. The Morgan fingerprint density at radius 2 is 0.523 bits per heavy atom. The van der Waals surface area contributed by atoms with Crippen LogP contribution in [-0.4, -0.2) is 40.2 Å². The molecule has 30 heteroatoms. The Morgan fingerprint density at radius 1 is 0.341 bits per heavy atom. The molecule has 0 saturated heterocycles. The van der Waals surface area contributed by atoms with Crippen LogP contribution in [0.25, 0.3) is 0 Å². The van der Waals surface area contributed by atoms with Crippen molar-refractivity contribution in [2.24, 2.45) is 0 Å². The zero-order valence-electron chi connectivity index (χ0n) is 18.7. The van der Waals surface area contributed by atoms with Gasteiger partial charge >= 0.3 is 41.9 Å². The van der Waals surface area contributed by atoms with Gasteiger partial charge in [-0.05, 0) is 0 Å². The molecule has 0 aliphatic rings. The van der Waals surface area contributed by atoms with E-state index >= 15 is 0 Å². The molecule has 0 fully saturated rings. The van der Waals surface area contributed by atoms with E-state index in [0.717, 1.165) is 0 Å². The zero-order valence-corrected chi connectivity index (χ0v) is 21.1. The van der Waals surface area contributed by atoms with Crippen molar-refractivity contribution in [3.63, 3.8) is 0 Å². The molecule has 0 aromatic heterocycles. The van der Waals surface area contributed by atoms with Crippen molar-refractivity contribution in [3.8, 4) is 0 Å². The van der Waals surface area contributed by atoms with Gasteiger partial charge in [0.05, 0.1) is 32.7 Å². The minimum Gasteiger partial charge on any atom is -0.221 e. The highest BCUT2D eigenvalue weighted by molar-refractivity contribution is 8.24. The van der Waals surface area contributed by atoms with Crippen molar-refractivity contribution in [2.75, 3.05) is 0 Å². The molecule has 1 aromatic rings. The molecule has 0 saturated carbocycles. The maximum absolute atomic E-state index is 13.7. The van der Waals surface area contributed by atoms with Gasteiger partial charge in [-0.25, -0.2) is 25.3 Å². The molecule has 0 bridgehead atoms. The number of hydrogen-bond acceptors (Lipinski definition) is 6. The van der Waals surface area contributed by atoms with Gasteiger partial charge < -0.3 is 0 Å². The van der Waals surface area contributed by atoms with Crippen LogP contribution in [0.4, 0.5) is 92.2 Å². The summed E-state index contributed by atoms with van der Waals surface area (Å²) in [4.78, 5) is -5.34. The van der Waals surface area contributed by atoms with Gasteiger partial charge in [-0.15, -0.1) is 0 Å². The van der Waals surface area contributed by atoms with Crippen LogP contribution < -0.4 is 0 Å². The van der Waals surface area contributed by atoms with Crippen LogP contribution in [0, 0.1) is 0 Å². The molecular formula is C14HF21O6S3. The van der Waals surface area contributed by atoms with Crippen molar-refractivity contribution >= 4 is 29.5 Å². The zero-order chi connectivity index (χ0) is 36.0. The lowest BCUT2D eigenvalue weighted by Crippen LogP contribution is -2.50. The summed E-state index contributed by atoms with van der Waals surface area (Å²) in [6, 6.07) is 0. The van der Waals surface area contributed by atoms with E-state index in [1.54, 1.807) is 0 Å². The normalized spacial score (nSPS) is 15.7. The second kappa shape index (κ2) is 10.3. The van der Waals surface area contributed by atoms with Crippen LogP contribution in [0.2, 0.25) is 0 Å². The van der Waals surface area contributed by atoms with Crippen LogP contribution in [0.1, 0.15) is 27.8 Å². The van der Waals surface area contributed by atoms with E-state index in [4.69, 9.17) is 0 Å². The van der Waals surface area contributed by atoms with Crippen molar-refractivity contribution in [3.05, 3.63) is 27.8 Å². The molecule has 0 radical (unpaired) electrons. The molecule has 6 nitrogen and oxygen atoms in total. The minimum atomic E-state index is -9.36. The predicted octanol–water partition coefficient (Wildman–Crippen LogP) is 6.71. The lowest BCUT2D eigenvalue weighted by molar-refractivity contribution is -0.191. The summed E-state index contributed by atoms with van der Waals surface area (Å²) in [6.45, 7) is 0. The van der Waals surface area contributed by atoms with E-state index in [2.05, 4.69) is 0 Å². The average molecular weight is 760 g/mol. The van der Waals surface area contributed by atoms with Gasteiger partial charge in [-0.1, -0.05) is 0 Å². The van der Waals surface area contributed by atoms with Crippen molar-refractivity contribution in [1.82, 2.24) is 0 Å². The molecule has 44 heavy (non-hydrogen) atoms. The third-order valence-electron chi connectivity index (χ3n) is 4.56. The van der Waals surface area contributed by atoms with E-state index < -0.39 is 108 Å². The highest BCUT2D eigenvalue weighted by Gasteiger charge is 2.71. The first-order chi connectivity index (χ1) is 18.6. The summed E-state index contributed by atoms with van der Waals surface area (Å²) in [5, 5.41) is 0. The lowest BCUT2D eigenvalue weighted by Gasteiger charge is -2.31. The van der Waals surface area contributed by atoms with E-state index in [9.17, 15) is 117 Å². The SMILES string of the molecule is O=S(=O)(c1c(C(F)(F)F)c(C(F)(F)F)c(C(F)(F)F)c(C(F)(F)F)c1C(F)(F)F)C(S(=O)(=O)C(F)(F)F)S(=O)(=O)C(F)(F)F. The Bertz CT molecular complexity index is 1530. The Hall–Kier alpha value is -2.40. The maximum Gasteiger partial charge on any atom is 0.499 e. The molecule has 0 atom stereocenters. The summed E-state index contributed by atoms with van der Waals surface area (Å²) in [5.74, 6) is 0. The van der Waals surface area contributed by atoms with E-state index in [-0.39, 0.29) is 0 Å². The smallest absolute Gasteiger partial charge is 0.221 e. The topological polar surface area (TPSA) is 102 Å². The Labute approximate surface area is 226 Å². The van der Waals surface area contributed by atoms with Crippen molar-refractivity contribution in [1.29, 1.82) is 0 Å². The van der Waals surface area contributed by atoms with Gasteiger partial charge in [0.2, 0.25) is 9.84 Å². The van der Waals surface area contributed by atoms with Gasteiger partial charge in [-0.3, -0.25) is 0 Å². The van der Waals surface area contributed by atoms with Crippen LogP contribution in [-0.2, 0) is 60.4 Å². The van der Waals surface area contributed by atoms with Crippen LogP contribution in [0.15, 0.2) is 4.90 Å². The number of alkyl halides is 21. The van der Waals surface area contributed by atoms with Crippen molar-refractivity contribution in [2.45, 2.75) is 50.7 Å². The number of hydrogen-bond donors (Lipinski definition) is 0. The molecule has 0 aliphatic carbocycles. The highest BCUT2D eigenvalue weighted by atomic mass is 32.3. The minimum absolute atomic E-state index is 5.11. The molecule has 0 heterocycles. The molecule has 1 rings (SSSR count). The van der Waals surface area contributed by atoms with E-state index in [1.807, 2.05) is 0 Å². The standard InChI is InChI=1S/C14HF21O6S3/c15-8(16,17)1-2(9(18,19)20)4(11(24,25)26)6(5(12(27,28)29)3(1)10(21,22)23)42(36,37)7(43(38,39)13(30,31)32)44(40,41)14(33,34)35/h7H. The monoisotopic (exact) mass is 760 g/mol. The van der Waals surface area contributed by atoms with E-state index in [1.165, 1.54) is 0 Å². The predicted molar refractivity (Wildman–Crippen MR) is 92.4 cm³/mol. The van der Waals surface area contributed by atoms with Gasteiger partial charge in [0.15, 0.2) is 0 Å². The highest BCUT2D eigenvalue weighted by Crippen LogP contribution is 2.58. The summed E-state index contributed by atoms with van der Waals surface area (Å²) in [5.41, 5.74) is -41.8. The summed E-state index contributed by atoms with van der Waals surface area (Å²) < 4.78 is 347. The first-order valence-electron chi connectivity index (χ1n) is 9.04. The number of sulfone groups is 3. The molecule has 1 aromatic carbocycles. The molecule has 0 N–H and O–H groups in total. The largest absolute Gasteiger partial charge is 0.499 e. The third kappa shape index (κ3) is 6.73. The number of rotatable bonds is 4. The second-order valence-corrected chi connectivity index (χ2v) is 14.4. The quantitative estimate of drug-likeness (QED) is 0.317.